The molecule has 0 saturated carbocycles. The zero-order valence-electron chi connectivity index (χ0n) is 8.80. The molecule has 0 atom stereocenters. The van der Waals surface area contributed by atoms with Crippen molar-refractivity contribution < 1.29 is 9.21 Å². The van der Waals surface area contributed by atoms with Crippen LogP contribution < -0.4 is 10.6 Å². The standard InChI is InChI=1S/C10H12N4O2/c1-14-7-8(5-12-14)13-10(15)11-6-9-3-2-4-16-9/h2-5,7H,6H2,1H3,(H2,11,13,15). The average molecular weight is 220 g/mol. The second-order valence-corrected chi connectivity index (χ2v) is 3.29. The predicted molar refractivity (Wildman–Crippen MR) is 57.8 cm³/mol. The van der Waals surface area contributed by atoms with Crippen molar-refractivity contribution in [1.29, 1.82) is 0 Å². The average Bonchev–Trinajstić information content (AvgIpc) is 2.87. The van der Waals surface area contributed by atoms with E-state index in [1.807, 2.05) is 0 Å². The van der Waals surface area contributed by atoms with Crippen molar-refractivity contribution >= 4 is 11.7 Å². The number of nitrogens with one attached hydrogen (secondary N) is 2. The number of aromatic nitrogens is 2. The third kappa shape index (κ3) is 2.63. The van der Waals surface area contributed by atoms with Gasteiger partial charge in [-0.1, -0.05) is 0 Å². The summed E-state index contributed by atoms with van der Waals surface area (Å²) in [4.78, 5) is 11.4. The number of carbonyl (C=O) groups excluding carboxylic acids is 1. The Kier molecular flexibility index (Phi) is 2.90. The van der Waals surface area contributed by atoms with Gasteiger partial charge in [0.2, 0.25) is 0 Å². The van der Waals surface area contributed by atoms with Gasteiger partial charge in [0.05, 0.1) is 24.7 Å². The minimum Gasteiger partial charge on any atom is -0.467 e. The molecule has 0 fully saturated rings. The number of amides is 2. The Morgan fingerprint density at radius 3 is 3.12 bits per heavy atom. The van der Waals surface area contributed by atoms with Gasteiger partial charge in [-0.05, 0) is 12.1 Å². The van der Waals surface area contributed by atoms with Crippen LogP contribution in [0.15, 0.2) is 35.2 Å². The lowest BCUT2D eigenvalue weighted by atomic mass is 10.4. The number of rotatable bonds is 3. The molecular formula is C10H12N4O2. The van der Waals surface area contributed by atoms with Crippen molar-refractivity contribution in [2.75, 3.05) is 5.32 Å². The van der Waals surface area contributed by atoms with Gasteiger partial charge in [-0.15, -0.1) is 0 Å². The van der Waals surface area contributed by atoms with E-state index < -0.39 is 0 Å². The molecule has 0 unspecified atom stereocenters. The van der Waals surface area contributed by atoms with Crippen molar-refractivity contribution in [3.8, 4) is 0 Å². The summed E-state index contributed by atoms with van der Waals surface area (Å²) in [5.41, 5.74) is 0.652. The van der Waals surface area contributed by atoms with Gasteiger partial charge in [0, 0.05) is 13.2 Å². The van der Waals surface area contributed by atoms with Gasteiger partial charge in [0.1, 0.15) is 5.76 Å². The molecule has 2 rings (SSSR count). The maximum atomic E-state index is 11.4. The van der Waals surface area contributed by atoms with Crippen LogP contribution in [0.1, 0.15) is 5.76 Å². The lowest BCUT2D eigenvalue weighted by Gasteiger charge is -2.03. The third-order valence-corrected chi connectivity index (χ3v) is 1.97. The molecular weight excluding hydrogens is 208 g/mol. The Bertz CT molecular complexity index is 461. The van der Waals surface area contributed by atoms with E-state index in [0.717, 1.165) is 0 Å². The Morgan fingerprint density at radius 1 is 1.62 bits per heavy atom. The van der Waals surface area contributed by atoms with Crippen LogP contribution >= 0.6 is 0 Å². The summed E-state index contributed by atoms with van der Waals surface area (Å²) in [6.07, 6.45) is 4.86. The summed E-state index contributed by atoms with van der Waals surface area (Å²) in [6, 6.07) is 3.28. The van der Waals surface area contributed by atoms with E-state index in [-0.39, 0.29) is 6.03 Å². The van der Waals surface area contributed by atoms with E-state index in [1.165, 1.54) is 0 Å². The first-order valence-electron chi connectivity index (χ1n) is 4.80. The molecule has 84 valence electrons. The van der Waals surface area contributed by atoms with E-state index in [1.54, 1.807) is 42.5 Å². The molecule has 6 heteroatoms. The maximum Gasteiger partial charge on any atom is 0.319 e. The Hall–Kier alpha value is -2.24. The molecule has 0 saturated heterocycles. The monoisotopic (exact) mass is 220 g/mol. The molecule has 2 heterocycles. The van der Waals surface area contributed by atoms with Gasteiger partial charge in [0.15, 0.2) is 0 Å². The van der Waals surface area contributed by atoms with E-state index in [0.29, 0.717) is 18.0 Å². The zero-order valence-corrected chi connectivity index (χ0v) is 8.80. The molecule has 0 aliphatic heterocycles. The highest BCUT2D eigenvalue weighted by Gasteiger charge is 2.03. The van der Waals surface area contributed by atoms with Crippen molar-refractivity contribution in [2.24, 2.45) is 7.05 Å². The molecule has 0 radical (unpaired) electrons. The Balaban J connectivity index is 1.81. The molecule has 0 aromatic carbocycles. The van der Waals surface area contributed by atoms with Gasteiger partial charge in [0.25, 0.3) is 0 Å². The van der Waals surface area contributed by atoms with E-state index in [2.05, 4.69) is 15.7 Å². The van der Waals surface area contributed by atoms with Crippen molar-refractivity contribution in [1.82, 2.24) is 15.1 Å². The van der Waals surface area contributed by atoms with Gasteiger partial charge < -0.3 is 15.1 Å². The fourth-order valence-electron chi connectivity index (χ4n) is 1.24. The minimum absolute atomic E-state index is 0.288. The number of anilines is 1. The van der Waals surface area contributed by atoms with Crippen LogP contribution in [0.2, 0.25) is 0 Å². The molecule has 0 aliphatic rings. The van der Waals surface area contributed by atoms with Crippen LogP contribution in [0.25, 0.3) is 0 Å². The summed E-state index contributed by atoms with van der Waals surface area (Å²) in [5, 5.41) is 9.25. The second-order valence-electron chi connectivity index (χ2n) is 3.29. The highest BCUT2D eigenvalue weighted by molar-refractivity contribution is 5.88. The molecule has 0 aliphatic carbocycles. The number of carbonyl (C=O) groups is 1. The van der Waals surface area contributed by atoms with Crippen LogP contribution in [-0.4, -0.2) is 15.8 Å². The summed E-state index contributed by atoms with van der Waals surface area (Å²) in [5.74, 6) is 0.710. The molecule has 2 aromatic heterocycles. The number of nitrogens with zero attached hydrogens (tertiary/aromatic N) is 2. The molecule has 16 heavy (non-hydrogen) atoms. The van der Waals surface area contributed by atoms with Crippen LogP contribution in [0.3, 0.4) is 0 Å². The summed E-state index contributed by atoms with van der Waals surface area (Å²) in [6.45, 7) is 0.360. The molecule has 0 spiro atoms. The van der Waals surface area contributed by atoms with Crippen LogP contribution in [-0.2, 0) is 13.6 Å². The SMILES string of the molecule is Cn1cc(NC(=O)NCc2ccco2)cn1. The van der Waals surface area contributed by atoms with Crippen molar-refractivity contribution in [2.45, 2.75) is 6.54 Å². The molecule has 0 bridgehead atoms. The zero-order chi connectivity index (χ0) is 11.4. The second kappa shape index (κ2) is 4.52. The molecule has 2 amide bonds. The molecule has 6 nitrogen and oxygen atoms in total. The minimum atomic E-state index is -0.288. The smallest absolute Gasteiger partial charge is 0.319 e. The van der Waals surface area contributed by atoms with E-state index in [9.17, 15) is 4.79 Å². The van der Waals surface area contributed by atoms with Crippen LogP contribution in [0.4, 0.5) is 10.5 Å². The number of hydrogen-bond donors (Lipinski definition) is 2. The summed E-state index contributed by atoms with van der Waals surface area (Å²) < 4.78 is 6.69. The highest BCUT2D eigenvalue weighted by atomic mass is 16.3. The van der Waals surface area contributed by atoms with Crippen LogP contribution in [0.5, 0.6) is 0 Å². The lowest BCUT2D eigenvalue weighted by molar-refractivity contribution is 0.251. The van der Waals surface area contributed by atoms with Crippen LogP contribution in [0, 0.1) is 0 Å². The fourth-order valence-corrected chi connectivity index (χ4v) is 1.24. The first-order valence-corrected chi connectivity index (χ1v) is 4.80. The quantitative estimate of drug-likeness (QED) is 0.819. The molecule has 2 N–H and O–H groups in total. The van der Waals surface area contributed by atoms with Crippen molar-refractivity contribution in [3.63, 3.8) is 0 Å². The number of aryl methyl sites for hydroxylation is 1. The summed E-state index contributed by atoms with van der Waals surface area (Å²) >= 11 is 0. The van der Waals surface area contributed by atoms with E-state index in [4.69, 9.17) is 4.42 Å². The number of urea groups is 1. The normalized spacial score (nSPS) is 10.1. The number of furan rings is 1. The third-order valence-electron chi connectivity index (χ3n) is 1.97. The largest absolute Gasteiger partial charge is 0.467 e. The first kappa shape index (κ1) is 10.3. The number of hydrogen-bond acceptors (Lipinski definition) is 3. The van der Waals surface area contributed by atoms with Gasteiger partial charge in [-0.3, -0.25) is 4.68 Å². The van der Waals surface area contributed by atoms with Gasteiger partial charge in [-0.25, -0.2) is 4.79 Å². The van der Waals surface area contributed by atoms with E-state index >= 15 is 0 Å². The Labute approximate surface area is 92.2 Å². The Morgan fingerprint density at radius 2 is 2.50 bits per heavy atom. The van der Waals surface area contributed by atoms with Crippen molar-refractivity contribution in [3.05, 3.63) is 36.5 Å². The highest BCUT2D eigenvalue weighted by Crippen LogP contribution is 2.03. The fraction of sp³-hybridized carbons (Fsp3) is 0.200. The lowest BCUT2D eigenvalue weighted by Crippen LogP contribution is -2.27. The maximum absolute atomic E-state index is 11.4. The molecule has 2 aromatic rings. The predicted octanol–water partition coefficient (Wildman–Crippen LogP) is 1.33. The first-order chi connectivity index (χ1) is 7.74. The topological polar surface area (TPSA) is 72.1 Å². The van der Waals surface area contributed by atoms with Gasteiger partial charge in [-0.2, -0.15) is 5.10 Å². The summed E-state index contributed by atoms with van der Waals surface area (Å²) in [7, 11) is 1.78. The van der Waals surface area contributed by atoms with Gasteiger partial charge >= 0.3 is 6.03 Å².